The molecule has 2 aromatic heterocycles. The molecule has 7 heteroatoms. The Balaban J connectivity index is 1.81. The summed E-state index contributed by atoms with van der Waals surface area (Å²) in [4.78, 5) is 4.30. The van der Waals surface area contributed by atoms with Gasteiger partial charge < -0.3 is 14.6 Å². The van der Waals surface area contributed by atoms with Crippen molar-refractivity contribution in [1.29, 1.82) is 0 Å². The molecule has 2 aromatic rings. The molecule has 0 aliphatic rings. The molecule has 0 saturated carbocycles. The Labute approximate surface area is 118 Å². The van der Waals surface area contributed by atoms with Crippen LogP contribution in [0.1, 0.15) is 31.6 Å². The molecule has 2 heterocycles. The van der Waals surface area contributed by atoms with Crippen molar-refractivity contribution in [2.45, 2.75) is 38.9 Å². The fourth-order valence-electron chi connectivity index (χ4n) is 1.83. The molecule has 20 heavy (non-hydrogen) atoms. The topological polar surface area (TPSA) is 78.0 Å². The van der Waals surface area contributed by atoms with Crippen LogP contribution in [0.15, 0.2) is 23.0 Å². The van der Waals surface area contributed by atoms with E-state index in [2.05, 4.69) is 34.4 Å². The molecular formula is C13H21N5O2. The molecule has 1 N–H and O–H groups in total. The molecule has 0 aliphatic carbocycles. The first kappa shape index (κ1) is 14.7. The summed E-state index contributed by atoms with van der Waals surface area (Å²) in [5.74, 6) is 1.27. The van der Waals surface area contributed by atoms with Gasteiger partial charge in [-0.1, -0.05) is 5.16 Å². The third-order valence-electron chi connectivity index (χ3n) is 3.28. The van der Waals surface area contributed by atoms with Crippen LogP contribution < -0.4 is 5.32 Å². The van der Waals surface area contributed by atoms with Gasteiger partial charge in [0.25, 0.3) is 0 Å². The summed E-state index contributed by atoms with van der Waals surface area (Å²) < 4.78 is 12.1. The van der Waals surface area contributed by atoms with Gasteiger partial charge >= 0.3 is 0 Å². The number of aromatic nitrogens is 4. The second-order valence-corrected chi connectivity index (χ2v) is 4.74. The maximum Gasteiger partial charge on any atom is 0.240 e. The molecule has 0 saturated heterocycles. The third-order valence-corrected chi connectivity index (χ3v) is 3.28. The van der Waals surface area contributed by atoms with Crippen molar-refractivity contribution in [2.24, 2.45) is 0 Å². The lowest BCUT2D eigenvalue weighted by Gasteiger charge is -2.20. The van der Waals surface area contributed by atoms with E-state index >= 15 is 0 Å². The van der Waals surface area contributed by atoms with Gasteiger partial charge in [0.05, 0.1) is 19.2 Å². The van der Waals surface area contributed by atoms with Crippen molar-refractivity contribution in [3.63, 3.8) is 0 Å². The molecule has 0 aliphatic heterocycles. The SMILES string of the molecule is COCCc1noc(CNC(C)C(C)n2cccn2)n1. The second-order valence-electron chi connectivity index (χ2n) is 4.74. The molecule has 0 amide bonds. The second kappa shape index (κ2) is 7.16. The van der Waals surface area contributed by atoms with Crippen LogP contribution in [0.2, 0.25) is 0 Å². The molecule has 2 atom stereocenters. The van der Waals surface area contributed by atoms with E-state index in [0.717, 1.165) is 0 Å². The van der Waals surface area contributed by atoms with Crippen molar-refractivity contribution in [3.8, 4) is 0 Å². The molecule has 0 radical (unpaired) electrons. The van der Waals surface area contributed by atoms with Gasteiger partial charge in [-0.3, -0.25) is 4.68 Å². The van der Waals surface area contributed by atoms with E-state index in [0.29, 0.717) is 31.3 Å². The first-order chi connectivity index (χ1) is 9.70. The molecule has 7 nitrogen and oxygen atoms in total. The predicted molar refractivity (Wildman–Crippen MR) is 73.1 cm³/mol. The van der Waals surface area contributed by atoms with Crippen LogP contribution in [0.3, 0.4) is 0 Å². The van der Waals surface area contributed by atoms with E-state index < -0.39 is 0 Å². The summed E-state index contributed by atoms with van der Waals surface area (Å²) >= 11 is 0. The van der Waals surface area contributed by atoms with Gasteiger partial charge in [0.1, 0.15) is 0 Å². The standard InChI is InChI=1S/C13H21N5O2/c1-10(11(2)18-7-4-6-15-18)14-9-13-16-12(17-20-13)5-8-19-3/h4,6-7,10-11,14H,5,8-9H2,1-3H3. The summed E-state index contributed by atoms with van der Waals surface area (Å²) in [6, 6.07) is 2.41. The summed E-state index contributed by atoms with van der Waals surface area (Å²) in [5, 5.41) is 11.5. The lowest BCUT2D eigenvalue weighted by molar-refractivity contribution is 0.199. The number of ether oxygens (including phenoxy) is 1. The number of hydrogen-bond acceptors (Lipinski definition) is 6. The fourth-order valence-corrected chi connectivity index (χ4v) is 1.83. The maximum absolute atomic E-state index is 5.18. The molecule has 110 valence electrons. The zero-order valence-electron chi connectivity index (χ0n) is 12.1. The Morgan fingerprint density at radius 3 is 3.00 bits per heavy atom. The fraction of sp³-hybridized carbons (Fsp3) is 0.615. The van der Waals surface area contributed by atoms with Crippen LogP contribution in [-0.2, 0) is 17.7 Å². The van der Waals surface area contributed by atoms with Crippen LogP contribution in [-0.4, -0.2) is 39.7 Å². The minimum atomic E-state index is 0.240. The van der Waals surface area contributed by atoms with Crippen LogP contribution in [0.5, 0.6) is 0 Å². The Hall–Kier alpha value is -1.73. The maximum atomic E-state index is 5.18. The minimum Gasteiger partial charge on any atom is -0.384 e. The van der Waals surface area contributed by atoms with E-state index in [-0.39, 0.29) is 12.1 Å². The van der Waals surface area contributed by atoms with Gasteiger partial charge in [0, 0.05) is 32.0 Å². The lowest BCUT2D eigenvalue weighted by Crippen LogP contribution is -2.33. The van der Waals surface area contributed by atoms with Gasteiger partial charge in [0.15, 0.2) is 5.82 Å². The molecule has 2 rings (SSSR count). The molecule has 0 fully saturated rings. The molecule has 2 unspecified atom stereocenters. The van der Waals surface area contributed by atoms with Crippen molar-refractivity contribution in [3.05, 3.63) is 30.2 Å². The Kier molecular flexibility index (Phi) is 5.25. The van der Waals surface area contributed by atoms with Crippen molar-refractivity contribution >= 4 is 0 Å². The van der Waals surface area contributed by atoms with Crippen LogP contribution >= 0.6 is 0 Å². The highest BCUT2D eigenvalue weighted by Crippen LogP contribution is 2.09. The zero-order valence-corrected chi connectivity index (χ0v) is 12.1. The highest BCUT2D eigenvalue weighted by Gasteiger charge is 2.15. The highest BCUT2D eigenvalue weighted by molar-refractivity contribution is 4.88. The van der Waals surface area contributed by atoms with Gasteiger partial charge in [-0.25, -0.2) is 0 Å². The summed E-state index contributed by atoms with van der Waals surface area (Å²) in [6.45, 7) is 5.36. The number of hydrogen-bond donors (Lipinski definition) is 1. The number of nitrogens with one attached hydrogen (secondary N) is 1. The molecule has 0 aromatic carbocycles. The Morgan fingerprint density at radius 1 is 1.45 bits per heavy atom. The third kappa shape index (κ3) is 3.88. The van der Waals surface area contributed by atoms with Gasteiger partial charge in [-0.2, -0.15) is 10.1 Å². The van der Waals surface area contributed by atoms with E-state index in [9.17, 15) is 0 Å². The van der Waals surface area contributed by atoms with Crippen LogP contribution in [0.25, 0.3) is 0 Å². The summed E-state index contributed by atoms with van der Waals surface area (Å²) in [7, 11) is 1.65. The van der Waals surface area contributed by atoms with Crippen molar-refractivity contribution in [1.82, 2.24) is 25.2 Å². The summed E-state index contributed by atoms with van der Waals surface area (Å²) in [6.07, 6.45) is 4.40. The van der Waals surface area contributed by atoms with Crippen molar-refractivity contribution in [2.75, 3.05) is 13.7 Å². The van der Waals surface area contributed by atoms with Crippen LogP contribution in [0, 0.1) is 0 Å². The average molecular weight is 279 g/mol. The highest BCUT2D eigenvalue weighted by atomic mass is 16.5. The number of nitrogens with zero attached hydrogens (tertiary/aromatic N) is 4. The first-order valence-electron chi connectivity index (χ1n) is 6.73. The minimum absolute atomic E-state index is 0.240. The van der Waals surface area contributed by atoms with E-state index in [1.807, 2.05) is 16.9 Å². The van der Waals surface area contributed by atoms with Gasteiger partial charge in [-0.15, -0.1) is 0 Å². The normalized spacial score (nSPS) is 14.3. The van der Waals surface area contributed by atoms with Crippen LogP contribution in [0.4, 0.5) is 0 Å². The largest absolute Gasteiger partial charge is 0.384 e. The van der Waals surface area contributed by atoms with E-state index in [1.54, 1.807) is 13.3 Å². The van der Waals surface area contributed by atoms with Gasteiger partial charge in [-0.05, 0) is 19.9 Å². The van der Waals surface area contributed by atoms with E-state index in [4.69, 9.17) is 9.26 Å². The summed E-state index contributed by atoms with van der Waals surface area (Å²) in [5.41, 5.74) is 0. The zero-order chi connectivity index (χ0) is 14.4. The Bertz CT molecular complexity index is 497. The predicted octanol–water partition coefficient (Wildman–Crippen LogP) is 1.19. The van der Waals surface area contributed by atoms with E-state index in [1.165, 1.54) is 0 Å². The smallest absolute Gasteiger partial charge is 0.240 e. The molecular weight excluding hydrogens is 258 g/mol. The monoisotopic (exact) mass is 279 g/mol. The first-order valence-corrected chi connectivity index (χ1v) is 6.73. The van der Waals surface area contributed by atoms with Crippen molar-refractivity contribution < 1.29 is 9.26 Å². The molecule has 0 bridgehead atoms. The number of rotatable bonds is 8. The molecule has 0 spiro atoms. The number of methoxy groups -OCH3 is 1. The lowest BCUT2D eigenvalue weighted by atomic mass is 10.2. The van der Waals surface area contributed by atoms with Gasteiger partial charge in [0.2, 0.25) is 5.89 Å². The Morgan fingerprint density at radius 2 is 2.30 bits per heavy atom. The quantitative estimate of drug-likeness (QED) is 0.782. The average Bonchev–Trinajstić information content (AvgIpc) is 3.13.